The minimum Gasteiger partial charge on any atom is -0.337 e. The summed E-state index contributed by atoms with van der Waals surface area (Å²) in [5, 5.41) is 6.06. The van der Waals surface area contributed by atoms with Gasteiger partial charge in [0.25, 0.3) is 5.91 Å². The van der Waals surface area contributed by atoms with Crippen molar-refractivity contribution in [3.8, 4) is 5.69 Å². The zero-order valence-corrected chi connectivity index (χ0v) is 12.8. The first-order valence-corrected chi connectivity index (χ1v) is 7.33. The Bertz CT molecular complexity index is 848. The molecule has 1 atom stereocenters. The summed E-state index contributed by atoms with van der Waals surface area (Å²) in [5.41, 5.74) is 0.542. The van der Waals surface area contributed by atoms with Gasteiger partial charge in [-0.15, -0.1) is 0 Å². The predicted octanol–water partition coefficient (Wildman–Crippen LogP) is 3.30. The molecule has 2 aromatic heterocycles. The van der Waals surface area contributed by atoms with Crippen LogP contribution < -0.4 is 5.32 Å². The van der Waals surface area contributed by atoms with Crippen molar-refractivity contribution in [1.82, 2.24) is 20.1 Å². The molecule has 25 heavy (non-hydrogen) atoms. The number of halogens is 3. The fraction of sp³-hybridized carbons (Fsp3) is 0.118. The van der Waals surface area contributed by atoms with Crippen LogP contribution in [0.1, 0.15) is 22.0 Å². The summed E-state index contributed by atoms with van der Waals surface area (Å²) in [5.74, 6) is -0.833. The summed E-state index contributed by atoms with van der Waals surface area (Å²) in [4.78, 5) is 16.0. The van der Waals surface area contributed by atoms with E-state index in [9.17, 15) is 18.0 Å². The van der Waals surface area contributed by atoms with Gasteiger partial charge in [0.1, 0.15) is 0 Å². The van der Waals surface area contributed by atoms with Gasteiger partial charge >= 0.3 is 6.18 Å². The molecule has 0 fully saturated rings. The summed E-state index contributed by atoms with van der Waals surface area (Å²) in [6.07, 6.45) is 1.04. The maximum absolute atomic E-state index is 13.3. The minimum atomic E-state index is -4.64. The second-order valence-electron chi connectivity index (χ2n) is 5.24. The molecule has 0 spiro atoms. The van der Waals surface area contributed by atoms with E-state index in [4.69, 9.17) is 0 Å². The van der Waals surface area contributed by atoms with Crippen molar-refractivity contribution in [1.29, 1.82) is 0 Å². The molecule has 0 aliphatic heterocycles. The third-order valence-corrected chi connectivity index (χ3v) is 3.50. The van der Waals surface area contributed by atoms with Crippen LogP contribution in [0.5, 0.6) is 0 Å². The molecule has 2 heterocycles. The van der Waals surface area contributed by atoms with Crippen molar-refractivity contribution in [3.05, 3.63) is 78.4 Å². The minimum absolute atomic E-state index is 0.103. The third kappa shape index (κ3) is 3.85. The van der Waals surface area contributed by atoms with Crippen molar-refractivity contribution in [3.63, 3.8) is 0 Å². The van der Waals surface area contributed by atoms with Crippen LogP contribution in [-0.4, -0.2) is 26.8 Å². The van der Waals surface area contributed by atoms with Crippen LogP contribution in [0.15, 0.2) is 67.3 Å². The summed E-state index contributed by atoms with van der Waals surface area (Å²) >= 11 is 0. The smallest absolute Gasteiger partial charge is 0.337 e. The molecule has 3 rings (SSSR count). The largest absolute Gasteiger partial charge is 0.412 e. The van der Waals surface area contributed by atoms with Crippen LogP contribution in [0.3, 0.4) is 0 Å². The molecule has 0 radical (unpaired) electrons. The standard InChI is InChI=1S/C17H13F3N4O/c18-17(19,20)15(13-5-2-7-21-11-13)23-16(25)12-4-1-6-14(10-12)24-9-3-8-22-24/h1-11,15H,(H,23,25)/t15-/m0/s1. The number of hydrogen-bond donors (Lipinski definition) is 1. The number of nitrogens with one attached hydrogen (secondary N) is 1. The summed E-state index contributed by atoms with van der Waals surface area (Å²) in [6.45, 7) is 0. The molecule has 5 nitrogen and oxygen atoms in total. The second kappa shape index (κ2) is 6.76. The summed E-state index contributed by atoms with van der Waals surface area (Å²) in [7, 11) is 0. The van der Waals surface area contributed by atoms with Gasteiger partial charge in [0.2, 0.25) is 0 Å². The highest BCUT2D eigenvalue weighted by Crippen LogP contribution is 2.32. The third-order valence-electron chi connectivity index (χ3n) is 3.50. The van der Waals surface area contributed by atoms with Crippen LogP contribution in [0.2, 0.25) is 0 Å². The van der Waals surface area contributed by atoms with Crippen LogP contribution in [0.4, 0.5) is 13.2 Å². The molecule has 1 amide bonds. The molecule has 1 aromatic carbocycles. The highest BCUT2D eigenvalue weighted by atomic mass is 19.4. The highest BCUT2D eigenvalue weighted by Gasteiger charge is 2.42. The first kappa shape index (κ1) is 16.7. The van der Waals surface area contributed by atoms with E-state index in [1.54, 1.807) is 30.6 Å². The number of hydrogen-bond acceptors (Lipinski definition) is 3. The van der Waals surface area contributed by atoms with Gasteiger partial charge in [-0.25, -0.2) is 4.68 Å². The molecule has 3 aromatic rings. The van der Waals surface area contributed by atoms with Crippen LogP contribution in [0, 0.1) is 0 Å². The maximum Gasteiger partial charge on any atom is 0.412 e. The lowest BCUT2D eigenvalue weighted by atomic mass is 10.1. The monoisotopic (exact) mass is 346 g/mol. The normalized spacial score (nSPS) is 12.6. The number of pyridine rings is 1. The van der Waals surface area contributed by atoms with Gasteiger partial charge in [-0.3, -0.25) is 9.78 Å². The number of benzene rings is 1. The lowest BCUT2D eigenvalue weighted by Gasteiger charge is -2.21. The molecule has 0 unspecified atom stereocenters. The van der Waals surface area contributed by atoms with Crippen LogP contribution >= 0.6 is 0 Å². The zero-order chi connectivity index (χ0) is 17.9. The first-order chi connectivity index (χ1) is 11.9. The van der Waals surface area contributed by atoms with Gasteiger partial charge in [0.05, 0.1) is 5.69 Å². The van der Waals surface area contributed by atoms with Gasteiger partial charge < -0.3 is 5.32 Å². The Morgan fingerprint density at radius 1 is 1.12 bits per heavy atom. The Morgan fingerprint density at radius 2 is 1.96 bits per heavy atom. The number of rotatable bonds is 4. The van der Waals surface area contributed by atoms with Crippen molar-refractivity contribution >= 4 is 5.91 Å². The van der Waals surface area contributed by atoms with E-state index in [0.717, 1.165) is 6.20 Å². The number of carbonyl (C=O) groups is 1. The Morgan fingerprint density at radius 3 is 2.60 bits per heavy atom. The lowest BCUT2D eigenvalue weighted by Crippen LogP contribution is -2.38. The quantitative estimate of drug-likeness (QED) is 0.788. The molecule has 0 saturated heterocycles. The Hall–Kier alpha value is -3.16. The topological polar surface area (TPSA) is 59.8 Å². The number of amides is 1. The van der Waals surface area contributed by atoms with Crippen molar-refractivity contribution in [2.75, 3.05) is 0 Å². The fourth-order valence-corrected chi connectivity index (χ4v) is 2.33. The van der Waals surface area contributed by atoms with Gasteiger partial charge in [-0.05, 0) is 30.3 Å². The van der Waals surface area contributed by atoms with Gasteiger partial charge in [0.15, 0.2) is 6.04 Å². The van der Waals surface area contributed by atoms with Crippen LogP contribution in [-0.2, 0) is 0 Å². The van der Waals surface area contributed by atoms with Gasteiger partial charge in [0, 0.05) is 35.9 Å². The van der Waals surface area contributed by atoms with Gasteiger partial charge in [-0.1, -0.05) is 12.1 Å². The van der Waals surface area contributed by atoms with Crippen molar-refractivity contribution < 1.29 is 18.0 Å². The van der Waals surface area contributed by atoms with E-state index in [0.29, 0.717) is 5.69 Å². The molecule has 0 aliphatic carbocycles. The van der Waals surface area contributed by atoms with E-state index >= 15 is 0 Å². The summed E-state index contributed by atoms with van der Waals surface area (Å²) in [6, 6.07) is 8.42. The number of nitrogens with zero attached hydrogens (tertiary/aromatic N) is 3. The molecule has 0 saturated carbocycles. The van der Waals surface area contributed by atoms with E-state index in [1.807, 2.05) is 5.32 Å². The Kier molecular flexibility index (Phi) is 4.51. The Labute approximate surface area is 141 Å². The Balaban J connectivity index is 1.86. The highest BCUT2D eigenvalue weighted by molar-refractivity contribution is 5.95. The SMILES string of the molecule is O=C(N[C@@H](c1cccnc1)C(F)(F)F)c1cccc(-n2cccn2)c1. The molecule has 1 N–H and O–H groups in total. The lowest BCUT2D eigenvalue weighted by molar-refractivity contribution is -0.155. The molecule has 8 heteroatoms. The maximum atomic E-state index is 13.3. The average molecular weight is 346 g/mol. The molecule has 0 bridgehead atoms. The number of carbonyl (C=O) groups excluding carboxylic acids is 1. The first-order valence-electron chi connectivity index (χ1n) is 7.33. The fourth-order valence-electron chi connectivity index (χ4n) is 2.33. The van der Waals surface area contributed by atoms with E-state index in [1.165, 1.54) is 35.1 Å². The molecule has 0 aliphatic rings. The van der Waals surface area contributed by atoms with E-state index in [-0.39, 0.29) is 11.1 Å². The second-order valence-corrected chi connectivity index (χ2v) is 5.24. The summed E-state index contributed by atoms with van der Waals surface area (Å²) < 4.78 is 41.5. The van der Waals surface area contributed by atoms with Crippen molar-refractivity contribution in [2.45, 2.75) is 12.2 Å². The predicted molar refractivity (Wildman–Crippen MR) is 84.1 cm³/mol. The molecular weight excluding hydrogens is 333 g/mol. The number of aromatic nitrogens is 3. The molecule has 128 valence electrons. The molecular formula is C17H13F3N4O. The number of alkyl halides is 3. The van der Waals surface area contributed by atoms with Crippen molar-refractivity contribution in [2.24, 2.45) is 0 Å². The van der Waals surface area contributed by atoms with Gasteiger partial charge in [-0.2, -0.15) is 18.3 Å². The zero-order valence-electron chi connectivity index (χ0n) is 12.8. The van der Waals surface area contributed by atoms with E-state index < -0.39 is 18.1 Å². The van der Waals surface area contributed by atoms with E-state index in [2.05, 4.69) is 10.1 Å². The average Bonchev–Trinajstić information content (AvgIpc) is 3.14. The van der Waals surface area contributed by atoms with Crippen LogP contribution in [0.25, 0.3) is 5.69 Å².